The molecular formula is C18H14Cl2O2S. The Bertz CT molecular complexity index is 850. The number of aryl methyl sites for hydroxylation is 1. The summed E-state index contributed by atoms with van der Waals surface area (Å²) in [6, 6.07) is 13.7. The van der Waals surface area contributed by atoms with Crippen molar-refractivity contribution in [2.45, 2.75) is 19.3 Å². The smallest absolute Gasteiger partial charge is 0.303 e. The van der Waals surface area contributed by atoms with E-state index in [0.717, 1.165) is 26.1 Å². The Kier molecular flexibility index (Phi) is 4.90. The van der Waals surface area contributed by atoms with Crippen molar-refractivity contribution < 1.29 is 9.90 Å². The summed E-state index contributed by atoms with van der Waals surface area (Å²) in [4.78, 5) is 11.8. The number of halogens is 2. The third-order valence-electron chi connectivity index (χ3n) is 3.72. The highest BCUT2D eigenvalue weighted by Gasteiger charge is 2.11. The lowest BCUT2D eigenvalue weighted by molar-refractivity contribution is -0.136. The van der Waals surface area contributed by atoms with E-state index in [0.29, 0.717) is 22.9 Å². The molecule has 1 heterocycles. The van der Waals surface area contributed by atoms with Crippen LogP contribution in [0.4, 0.5) is 0 Å². The fourth-order valence-electron chi connectivity index (χ4n) is 2.57. The van der Waals surface area contributed by atoms with E-state index in [1.165, 1.54) is 0 Å². The van der Waals surface area contributed by atoms with Crippen LogP contribution in [0.25, 0.3) is 10.1 Å². The van der Waals surface area contributed by atoms with Crippen LogP contribution in [0, 0.1) is 0 Å². The van der Waals surface area contributed by atoms with E-state index in [1.807, 2.05) is 24.3 Å². The van der Waals surface area contributed by atoms with Gasteiger partial charge in [0, 0.05) is 26.0 Å². The SMILES string of the molecule is O=C(O)CCc1cc2c(Cc3c(Cl)cccc3Cl)cccc2s1. The molecule has 1 N–H and O–H groups in total. The van der Waals surface area contributed by atoms with Crippen molar-refractivity contribution in [1.82, 2.24) is 0 Å². The maximum absolute atomic E-state index is 10.7. The van der Waals surface area contributed by atoms with Crippen molar-refractivity contribution >= 4 is 50.6 Å². The van der Waals surface area contributed by atoms with Crippen LogP contribution in [-0.4, -0.2) is 11.1 Å². The average molecular weight is 365 g/mol. The van der Waals surface area contributed by atoms with E-state index in [4.69, 9.17) is 28.3 Å². The third-order valence-corrected chi connectivity index (χ3v) is 5.59. The molecule has 0 spiro atoms. The summed E-state index contributed by atoms with van der Waals surface area (Å²) < 4.78 is 1.16. The number of carboxylic acids is 1. The molecule has 118 valence electrons. The zero-order valence-corrected chi connectivity index (χ0v) is 14.5. The highest BCUT2D eigenvalue weighted by molar-refractivity contribution is 7.19. The molecule has 0 saturated heterocycles. The number of hydrogen-bond acceptors (Lipinski definition) is 2. The number of benzene rings is 2. The quantitative estimate of drug-likeness (QED) is 0.619. The predicted molar refractivity (Wildman–Crippen MR) is 97.0 cm³/mol. The van der Waals surface area contributed by atoms with Crippen LogP contribution in [0.5, 0.6) is 0 Å². The number of carbonyl (C=O) groups is 1. The van der Waals surface area contributed by atoms with Crippen LogP contribution in [0.15, 0.2) is 42.5 Å². The molecule has 1 aromatic heterocycles. The molecule has 0 radical (unpaired) electrons. The van der Waals surface area contributed by atoms with Crippen molar-refractivity contribution in [2.75, 3.05) is 0 Å². The lowest BCUT2D eigenvalue weighted by atomic mass is 10.0. The van der Waals surface area contributed by atoms with Gasteiger partial charge in [-0.3, -0.25) is 4.79 Å². The predicted octanol–water partition coefficient (Wildman–Crippen LogP) is 5.82. The number of hydrogen-bond donors (Lipinski definition) is 1. The van der Waals surface area contributed by atoms with Gasteiger partial charge in [-0.25, -0.2) is 0 Å². The lowest BCUT2D eigenvalue weighted by Gasteiger charge is -2.08. The molecule has 0 aliphatic carbocycles. The lowest BCUT2D eigenvalue weighted by Crippen LogP contribution is -1.95. The number of fused-ring (bicyclic) bond motifs is 1. The molecule has 0 bridgehead atoms. The summed E-state index contributed by atoms with van der Waals surface area (Å²) in [7, 11) is 0. The first-order valence-corrected chi connectivity index (χ1v) is 8.77. The molecule has 2 nitrogen and oxygen atoms in total. The second-order valence-electron chi connectivity index (χ2n) is 5.31. The molecule has 0 aliphatic heterocycles. The van der Waals surface area contributed by atoms with E-state index in [9.17, 15) is 4.79 Å². The van der Waals surface area contributed by atoms with Crippen LogP contribution < -0.4 is 0 Å². The fourth-order valence-corrected chi connectivity index (χ4v) is 4.21. The molecule has 23 heavy (non-hydrogen) atoms. The molecule has 5 heteroatoms. The number of rotatable bonds is 5. The molecule has 3 aromatic rings. The highest BCUT2D eigenvalue weighted by atomic mass is 35.5. The summed E-state index contributed by atoms with van der Waals surface area (Å²) in [6.45, 7) is 0. The third kappa shape index (κ3) is 3.69. The molecule has 2 aromatic carbocycles. The second-order valence-corrected chi connectivity index (χ2v) is 7.30. The van der Waals surface area contributed by atoms with Crippen LogP contribution in [0.1, 0.15) is 22.4 Å². The number of carboxylic acid groups (broad SMARTS) is 1. The van der Waals surface area contributed by atoms with Crippen LogP contribution in [0.2, 0.25) is 10.0 Å². The van der Waals surface area contributed by atoms with E-state index >= 15 is 0 Å². The Morgan fingerprint density at radius 1 is 1.09 bits per heavy atom. The Labute approximate surface area is 148 Å². The van der Waals surface area contributed by atoms with Crippen LogP contribution in [-0.2, 0) is 17.6 Å². The zero-order chi connectivity index (χ0) is 16.4. The van der Waals surface area contributed by atoms with E-state index < -0.39 is 5.97 Å². The molecule has 0 saturated carbocycles. The first kappa shape index (κ1) is 16.3. The van der Waals surface area contributed by atoms with Crippen molar-refractivity contribution in [1.29, 1.82) is 0 Å². The summed E-state index contributed by atoms with van der Waals surface area (Å²) in [5.74, 6) is -0.773. The summed E-state index contributed by atoms with van der Waals surface area (Å²) >= 11 is 14.2. The van der Waals surface area contributed by atoms with Crippen molar-refractivity contribution in [3.63, 3.8) is 0 Å². The monoisotopic (exact) mass is 364 g/mol. The molecule has 3 rings (SSSR count). The normalized spacial score (nSPS) is 11.0. The maximum atomic E-state index is 10.7. The minimum atomic E-state index is -0.773. The van der Waals surface area contributed by atoms with Crippen molar-refractivity contribution in [2.24, 2.45) is 0 Å². The van der Waals surface area contributed by atoms with E-state index in [1.54, 1.807) is 11.3 Å². The van der Waals surface area contributed by atoms with Crippen molar-refractivity contribution in [3.8, 4) is 0 Å². The first-order chi connectivity index (χ1) is 11.0. The van der Waals surface area contributed by atoms with Gasteiger partial charge in [-0.05, 0) is 47.2 Å². The van der Waals surface area contributed by atoms with Gasteiger partial charge in [-0.2, -0.15) is 0 Å². The molecule has 0 amide bonds. The molecule has 0 fully saturated rings. The minimum absolute atomic E-state index is 0.151. The topological polar surface area (TPSA) is 37.3 Å². The maximum Gasteiger partial charge on any atom is 0.303 e. The Morgan fingerprint density at radius 3 is 2.48 bits per heavy atom. The van der Waals surface area contributed by atoms with Gasteiger partial charge in [-0.15, -0.1) is 11.3 Å². The number of aliphatic carboxylic acids is 1. The molecule has 0 atom stereocenters. The van der Waals surface area contributed by atoms with E-state index in [-0.39, 0.29) is 6.42 Å². The summed E-state index contributed by atoms with van der Waals surface area (Å²) in [5.41, 5.74) is 2.07. The highest BCUT2D eigenvalue weighted by Crippen LogP contribution is 2.33. The van der Waals surface area contributed by atoms with Gasteiger partial charge in [0.2, 0.25) is 0 Å². The van der Waals surface area contributed by atoms with Gasteiger partial charge in [0.25, 0.3) is 0 Å². The van der Waals surface area contributed by atoms with Crippen LogP contribution >= 0.6 is 34.5 Å². The molecule has 0 aliphatic rings. The minimum Gasteiger partial charge on any atom is -0.481 e. The summed E-state index contributed by atoms with van der Waals surface area (Å²) in [6.07, 6.45) is 1.37. The van der Waals surface area contributed by atoms with Gasteiger partial charge in [0.1, 0.15) is 0 Å². The Morgan fingerprint density at radius 2 is 1.78 bits per heavy atom. The first-order valence-electron chi connectivity index (χ1n) is 7.19. The van der Waals surface area contributed by atoms with Gasteiger partial charge < -0.3 is 5.11 Å². The van der Waals surface area contributed by atoms with Crippen LogP contribution in [0.3, 0.4) is 0 Å². The fraction of sp³-hybridized carbons (Fsp3) is 0.167. The Hall–Kier alpha value is -1.55. The second kappa shape index (κ2) is 6.91. The molecule has 0 unspecified atom stereocenters. The zero-order valence-electron chi connectivity index (χ0n) is 12.2. The van der Waals surface area contributed by atoms with E-state index in [2.05, 4.69) is 18.2 Å². The largest absolute Gasteiger partial charge is 0.481 e. The van der Waals surface area contributed by atoms with Crippen molar-refractivity contribution in [3.05, 3.63) is 68.5 Å². The van der Waals surface area contributed by atoms with Gasteiger partial charge in [0.15, 0.2) is 0 Å². The van der Waals surface area contributed by atoms with Gasteiger partial charge in [0.05, 0.1) is 6.42 Å². The standard InChI is InChI=1S/C18H14Cl2O2S/c19-15-4-2-5-16(20)14(15)9-11-3-1-6-17-13(11)10-12(23-17)7-8-18(21)22/h1-6,10H,7-9H2,(H,21,22). The Balaban J connectivity index is 1.96. The van der Waals surface area contributed by atoms with Gasteiger partial charge >= 0.3 is 5.97 Å². The number of thiophene rings is 1. The summed E-state index contributed by atoms with van der Waals surface area (Å²) in [5, 5.41) is 11.3. The molecular weight excluding hydrogens is 351 g/mol. The van der Waals surface area contributed by atoms with Gasteiger partial charge in [-0.1, -0.05) is 41.4 Å². The average Bonchev–Trinajstić information content (AvgIpc) is 2.93.